The third-order valence-electron chi connectivity index (χ3n) is 5.77. The van der Waals surface area contributed by atoms with Crippen LogP contribution < -0.4 is 10.2 Å². The molecule has 5 nitrogen and oxygen atoms in total. The minimum absolute atomic E-state index is 0.0829. The number of hydrogen-bond donors (Lipinski definition) is 1. The Kier molecular flexibility index (Phi) is 7.91. The molecule has 0 aliphatic carbocycles. The van der Waals surface area contributed by atoms with Crippen LogP contribution in [0.4, 0.5) is 5.69 Å². The number of carbonyl (C=O) groups is 2. The van der Waals surface area contributed by atoms with E-state index < -0.39 is 11.2 Å². The van der Waals surface area contributed by atoms with Crippen molar-refractivity contribution < 1.29 is 9.59 Å². The highest BCUT2D eigenvalue weighted by Gasteiger charge is 2.41. The molecule has 0 saturated carbocycles. The minimum atomic E-state index is -0.514. The molecule has 1 saturated heterocycles. The molecule has 176 valence electrons. The third-order valence-corrected chi connectivity index (χ3v) is 7.40. The lowest BCUT2D eigenvalue weighted by molar-refractivity contribution is -0.117. The Balaban J connectivity index is 1.68. The molecule has 4 rings (SSSR count). The van der Waals surface area contributed by atoms with Gasteiger partial charge in [0.15, 0.2) is 0 Å². The van der Waals surface area contributed by atoms with Gasteiger partial charge in [-0.3, -0.25) is 14.5 Å². The zero-order chi connectivity index (χ0) is 24.8. The van der Waals surface area contributed by atoms with Crippen LogP contribution in [0, 0.1) is 11.3 Å². The van der Waals surface area contributed by atoms with E-state index in [-0.39, 0.29) is 18.0 Å². The zero-order valence-electron chi connectivity index (χ0n) is 19.2. The van der Waals surface area contributed by atoms with Crippen molar-refractivity contribution in [1.29, 1.82) is 5.26 Å². The summed E-state index contributed by atoms with van der Waals surface area (Å²) in [6.45, 7) is 2.34. The van der Waals surface area contributed by atoms with Crippen LogP contribution in [-0.4, -0.2) is 17.1 Å². The van der Waals surface area contributed by atoms with Gasteiger partial charge < -0.3 is 5.32 Å². The third kappa shape index (κ3) is 5.59. The number of halogens is 1. The molecular weight excluding hydrogens is 478 g/mol. The molecular formula is C28H24ClN3O2S. The van der Waals surface area contributed by atoms with Gasteiger partial charge in [0.05, 0.1) is 5.25 Å². The van der Waals surface area contributed by atoms with Crippen LogP contribution in [0.5, 0.6) is 0 Å². The number of rotatable bonds is 7. The molecule has 0 radical (unpaired) electrons. The lowest BCUT2D eigenvalue weighted by atomic mass is 10.1. The molecule has 1 N–H and O–H groups in total. The van der Waals surface area contributed by atoms with Crippen molar-refractivity contribution in [1.82, 2.24) is 5.32 Å². The minimum Gasteiger partial charge on any atom is -0.347 e. The second-order valence-electron chi connectivity index (χ2n) is 8.06. The monoisotopic (exact) mass is 501 g/mol. The first-order chi connectivity index (χ1) is 17.0. The average Bonchev–Trinajstić information content (AvgIpc) is 3.20. The smallest absolute Gasteiger partial charge is 0.264 e. The average molecular weight is 502 g/mol. The Bertz CT molecular complexity index is 1300. The van der Waals surface area contributed by atoms with Crippen LogP contribution in [0.15, 0.2) is 89.5 Å². The van der Waals surface area contributed by atoms with Gasteiger partial charge in [0.25, 0.3) is 5.91 Å². The zero-order valence-corrected chi connectivity index (χ0v) is 20.8. The number of nitrogens with one attached hydrogen (secondary N) is 1. The number of benzene rings is 3. The second kappa shape index (κ2) is 11.3. The van der Waals surface area contributed by atoms with Gasteiger partial charge in [0.1, 0.15) is 16.7 Å². The van der Waals surface area contributed by atoms with Crippen LogP contribution >= 0.6 is 23.4 Å². The maximum atomic E-state index is 13.6. The topological polar surface area (TPSA) is 73.2 Å². The highest BCUT2D eigenvalue weighted by atomic mass is 35.5. The molecule has 0 spiro atoms. The molecule has 2 amide bonds. The Morgan fingerprint density at radius 2 is 1.71 bits per heavy atom. The summed E-state index contributed by atoms with van der Waals surface area (Å²) >= 11 is 7.58. The summed E-state index contributed by atoms with van der Waals surface area (Å²) in [6.07, 6.45) is 1.26. The SMILES string of the molecule is CCc1ccc(N2C(=O)C(Cc3ccccc3Cl)S/C2=C(/C#N)C(=O)NCc2ccccc2)cc1. The number of amides is 2. The molecule has 0 bridgehead atoms. The van der Waals surface area contributed by atoms with Gasteiger partial charge in [-0.25, -0.2) is 0 Å². The fraction of sp³-hybridized carbons (Fsp3) is 0.179. The predicted molar refractivity (Wildman–Crippen MR) is 141 cm³/mol. The summed E-state index contributed by atoms with van der Waals surface area (Å²) in [5, 5.41) is 13.2. The molecule has 1 aliphatic rings. The van der Waals surface area contributed by atoms with E-state index in [1.54, 1.807) is 6.07 Å². The largest absolute Gasteiger partial charge is 0.347 e. The van der Waals surface area contributed by atoms with Crippen LogP contribution in [0.3, 0.4) is 0 Å². The molecule has 0 aromatic heterocycles. The number of nitrogens with zero attached hydrogens (tertiary/aromatic N) is 2. The van der Waals surface area contributed by atoms with E-state index in [4.69, 9.17) is 11.6 Å². The van der Waals surface area contributed by atoms with Gasteiger partial charge in [-0.2, -0.15) is 5.26 Å². The molecule has 3 aromatic rings. The number of nitriles is 1. The summed E-state index contributed by atoms with van der Waals surface area (Å²) in [5.74, 6) is -0.696. The number of carbonyl (C=O) groups excluding carboxylic acids is 2. The maximum Gasteiger partial charge on any atom is 0.264 e. The van der Waals surface area contributed by atoms with Gasteiger partial charge in [0.2, 0.25) is 5.91 Å². The van der Waals surface area contributed by atoms with Crippen molar-refractivity contribution in [2.45, 2.75) is 31.6 Å². The van der Waals surface area contributed by atoms with Crippen molar-refractivity contribution in [2.75, 3.05) is 4.90 Å². The molecule has 1 heterocycles. The van der Waals surface area contributed by atoms with Gasteiger partial charge in [-0.05, 0) is 47.7 Å². The maximum absolute atomic E-state index is 13.6. The number of anilines is 1. The standard InChI is InChI=1S/C28H24ClN3O2S/c1-2-19-12-14-22(15-13-19)32-27(34)25(16-21-10-6-7-11-24(21)29)35-28(32)23(17-30)26(33)31-18-20-8-4-3-5-9-20/h3-15,25H,2,16,18H2,1H3,(H,31,33)/b28-23-. The summed E-state index contributed by atoms with van der Waals surface area (Å²) in [7, 11) is 0. The Morgan fingerprint density at radius 3 is 2.37 bits per heavy atom. The van der Waals surface area contributed by atoms with E-state index in [0.717, 1.165) is 23.1 Å². The van der Waals surface area contributed by atoms with Crippen molar-refractivity contribution in [3.8, 4) is 6.07 Å². The molecule has 35 heavy (non-hydrogen) atoms. The first-order valence-corrected chi connectivity index (χ1v) is 12.6. The lowest BCUT2D eigenvalue weighted by Gasteiger charge is -2.19. The van der Waals surface area contributed by atoms with Crippen molar-refractivity contribution in [3.63, 3.8) is 0 Å². The fourth-order valence-corrected chi connectivity index (χ4v) is 5.34. The summed E-state index contributed by atoms with van der Waals surface area (Å²) in [6, 6.07) is 26.5. The van der Waals surface area contributed by atoms with Gasteiger partial charge in [0, 0.05) is 17.3 Å². The number of aryl methyl sites for hydroxylation is 1. The normalized spacial score (nSPS) is 16.7. The molecule has 1 atom stereocenters. The number of hydrogen-bond acceptors (Lipinski definition) is 4. The quantitative estimate of drug-likeness (QED) is 0.335. The van der Waals surface area contributed by atoms with E-state index in [0.29, 0.717) is 22.2 Å². The van der Waals surface area contributed by atoms with Crippen LogP contribution in [0.1, 0.15) is 23.6 Å². The highest BCUT2D eigenvalue weighted by Crippen LogP contribution is 2.42. The first-order valence-electron chi connectivity index (χ1n) is 11.3. The Hall–Kier alpha value is -3.53. The first kappa shape index (κ1) is 24.6. The van der Waals surface area contributed by atoms with Crippen LogP contribution in [0.25, 0.3) is 0 Å². The van der Waals surface area contributed by atoms with Crippen molar-refractivity contribution in [3.05, 3.63) is 111 Å². The summed E-state index contributed by atoms with van der Waals surface area (Å²) < 4.78 is 0. The Morgan fingerprint density at radius 1 is 1.03 bits per heavy atom. The molecule has 7 heteroatoms. The molecule has 1 aliphatic heterocycles. The highest BCUT2D eigenvalue weighted by molar-refractivity contribution is 8.05. The molecule has 1 unspecified atom stereocenters. The molecule has 1 fully saturated rings. The van der Waals surface area contributed by atoms with E-state index in [2.05, 4.69) is 12.2 Å². The number of thioether (sulfide) groups is 1. The fourth-order valence-electron chi connectivity index (χ4n) is 3.83. The van der Waals surface area contributed by atoms with E-state index in [9.17, 15) is 14.9 Å². The van der Waals surface area contributed by atoms with Crippen molar-refractivity contribution >= 4 is 40.9 Å². The van der Waals surface area contributed by atoms with Crippen LogP contribution in [-0.2, 0) is 29.0 Å². The summed E-state index contributed by atoms with van der Waals surface area (Å²) in [5.41, 5.74) is 3.43. The van der Waals surface area contributed by atoms with Gasteiger partial charge in [-0.1, -0.05) is 91.0 Å². The van der Waals surface area contributed by atoms with E-state index in [1.165, 1.54) is 16.7 Å². The lowest BCUT2D eigenvalue weighted by Crippen LogP contribution is -2.32. The predicted octanol–water partition coefficient (Wildman–Crippen LogP) is 5.65. The van der Waals surface area contributed by atoms with Crippen LogP contribution in [0.2, 0.25) is 5.02 Å². The second-order valence-corrected chi connectivity index (χ2v) is 9.65. The van der Waals surface area contributed by atoms with E-state index >= 15 is 0 Å². The van der Waals surface area contributed by atoms with Gasteiger partial charge in [-0.15, -0.1) is 0 Å². The van der Waals surface area contributed by atoms with Crippen molar-refractivity contribution in [2.24, 2.45) is 0 Å². The van der Waals surface area contributed by atoms with E-state index in [1.807, 2.05) is 78.9 Å². The Labute approximate surface area is 214 Å². The van der Waals surface area contributed by atoms with Gasteiger partial charge >= 0.3 is 0 Å². The molecule has 3 aromatic carbocycles. The summed E-state index contributed by atoms with van der Waals surface area (Å²) in [4.78, 5) is 28.2.